The molecule has 0 aliphatic carbocycles. The molecule has 0 heterocycles. The lowest BCUT2D eigenvalue weighted by molar-refractivity contribution is 0.00705. The van der Waals surface area contributed by atoms with Crippen molar-refractivity contribution in [2.45, 2.75) is 32.8 Å². The van der Waals surface area contributed by atoms with Gasteiger partial charge in [-0.15, -0.1) is 0 Å². The Morgan fingerprint density at radius 2 is 1.68 bits per heavy atom. The normalized spacial score (nSPS) is 11.3. The van der Waals surface area contributed by atoms with Crippen molar-refractivity contribution in [1.82, 2.24) is 0 Å². The molecule has 3 heteroatoms. The molecule has 0 atom stereocenters. The first-order valence-corrected chi connectivity index (χ1v) is 8.50. The minimum atomic E-state index is -0.496. The van der Waals surface area contributed by atoms with Gasteiger partial charge in [0.15, 0.2) is 0 Å². The van der Waals surface area contributed by atoms with Gasteiger partial charge in [0.25, 0.3) is 0 Å². The van der Waals surface area contributed by atoms with Gasteiger partial charge in [-0.1, -0.05) is 58.4 Å². The van der Waals surface area contributed by atoms with E-state index in [9.17, 15) is 4.79 Å². The molecule has 0 fully saturated rings. The van der Waals surface area contributed by atoms with E-state index in [-0.39, 0.29) is 5.97 Å². The number of hydrogen-bond donors (Lipinski definition) is 0. The van der Waals surface area contributed by atoms with Gasteiger partial charge in [-0.05, 0) is 49.9 Å². The van der Waals surface area contributed by atoms with Crippen LogP contribution in [-0.2, 0) is 11.2 Å². The molecule has 2 aromatic rings. The van der Waals surface area contributed by atoms with Crippen LogP contribution in [0.5, 0.6) is 0 Å². The molecule has 0 saturated heterocycles. The molecule has 0 amide bonds. The molecule has 0 aliphatic heterocycles. The fraction of sp³-hybridized carbons (Fsp3) is 0.316. The highest BCUT2D eigenvalue weighted by molar-refractivity contribution is 9.09. The van der Waals surface area contributed by atoms with Gasteiger partial charge in [0, 0.05) is 5.33 Å². The largest absolute Gasteiger partial charge is 0.456 e. The molecule has 0 N–H and O–H groups in total. The first-order valence-electron chi connectivity index (χ1n) is 7.38. The Morgan fingerprint density at radius 3 is 2.27 bits per heavy atom. The van der Waals surface area contributed by atoms with Crippen LogP contribution in [0.2, 0.25) is 0 Å². The third kappa shape index (κ3) is 4.44. The van der Waals surface area contributed by atoms with Crippen molar-refractivity contribution in [1.29, 1.82) is 0 Å². The average molecular weight is 361 g/mol. The molecule has 0 aliphatic rings. The number of aryl methyl sites for hydroxylation is 1. The van der Waals surface area contributed by atoms with Crippen molar-refractivity contribution in [3.05, 3.63) is 59.7 Å². The van der Waals surface area contributed by atoms with E-state index in [1.807, 2.05) is 45.0 Å². The fourth-order valence-corrected chi connectivity index (χ4v) is 2.66. The van der Waals surface area contributed by atoms with E-state index >= 15 is 0 Å². The van der Waals surface area contributed by atoms with Crippen molar-refractivity contribution >= 4 is 21.9 Å². The summed E-state index contributed by atoms with van der Waals surface area (Å²) in [7, 11) is 0. The lowest BCUT2D eigenvalue weighted by atomic mass is 9.98. The molecule has 0 spiro atoms. The van der Waals surface area contributed by atoms with Gasteiger partial charge in [0.05, 0.1) is 5.56 Å². The fourth-order valence-electron chi connectivity index (χ4n) is 2.21. The number of hydrogen-bond acceptors (Lipinski definition) is 2. The summed E-state index contributed by atoms with van der Waals surface area (Å²) in [5.41, 5.74) is 3.31. The number of carbonyl (C=O) groups excluding carboxylic acids is 1. The van der Waals surface area contributed by atoms with Gasteiger partial charge in [-0.3, -0.25) is 0 Å². The van der Waals surface area contributed by atoms with Crippen LogP contribution in [0.1, 0.15) is 36.7 Å². The Bertz CT molecular complexity index is 639. The number of carbonyl (C=O) groups is 1. The Balaban J connectivity index is 2.33. The maximum absolute atomic E-state index is 12.4. The summed E-state index contributed by atoms with van der Waals surface area (Å²) in [6, 6.07) is 15.9. The standard InChI is InChI=1S/C19H21BrO2/c1-19(2,3)22-18(21)17-7-5-4-6-16(17)15-10-8-14(9-11-15)12-13-20/h4-11H,12-13H2,1-3H3. The van der Waals surface area contributed by atoms with E-state index in [0.29, 0.717) is 5.56 Å². The second-order valence-electron chi connectivity index (χ2n) is 6.18. The van der Waals surface area contributed by atoms with Crippen LogP contribution in [0.4, 0.5) is 0 Å². The SMILES string of the molecule is CC(C)(C)OC(=O)c1ccccc1-c1ccc(CCBr)cc1. The van der Waals surface area contributed by atoms with Gasteiger partial charge in [-0.25, -0.2) is 4.79 Å². The lowest BCUT2D eigenvalue weighted by Crippen LogP contribution is -2.24. The van der Waals surface area contributed by atoms with Crippen LogP contribution in [0, 0.1) is 0 Å². The smallest absolute Gasteiger partial charge is 0.339 e. The van der Waals surface area contributed by atoms with Crippen LogP contribution in [0.3, 0.4) is 0 Å². The van der Waals surface area contributed by atoms with E-state index in [1.54, 1.807) is 0 Å². The van der Waals surface area contributed by atoms with E-state index in [2.05, 4.69) is 40.2 Å². The number of ether oxygens (including phenoxy) is 1. The highest BCUT2D eigenvalue weighted by Crippen LogP contribution is 2.26. The highest BCUT2D eigenvalue weighted by atomic mass is 79.9. The molecular weight excluding hydrogens is 340 g/mol. The maximum atomic E-state index is 12.4. The summed E-state index contributed by atoms with van der Waals surface area (Å²) in [6.07, 6.45) is 0.994. The Hall–Kier alpha value is -1.61. The zero-order valence-corrected chi connectivity index (χ0v) is 14.8. The summed E-state index contributed by atoms with van der Waals surface area (Å²) in [6.45, 7) is 5.63. The number of halogens is 1. The summed E-state index contributed by atoms with van der Waals surface area (Å²) in [4.78, 5) is 12.4. The molecule has 22 heavy (non-hydrogen) atoms. The topological polar surface area (TPSA) is 26.3 Å². The first-order chi connectivity index (χ1) is 10.4. The Kier molecular flexibility index (Phi) is 5.41. The molecule has 116 valence electrons. The molecule has 0 aromatic heterocycles. The second kappa shape index (κ2) is 7.10. The lowest BCUT2D eigenvalue weighted by Gasteiger charge is -2.20. The zero-order chi connectivity index (χ0) is 16.2. The third-order valence-electron chi connectivity index (χ3n) is 3.19. The van der Waals surface area contributed by atoms with Crippen molar-refractivity contribution in [3.8, 4) is 11.1 Å². The van der Waals surface area contributed by atoms with Gasteiger partial charge >= 0.3 is 5.97 Å². The maximum Gasteiger partial charge on any atom is 0.339 e. The third-order valence-corrected chi connectivity index (χ3v) is 3.59. The Labute approximate surface area is 140 Å². The summed E-state index contributed by atoms with van der Waals surface area (Å²) < 4.78 is 5.50. The summed E-state index contributed by atoms with van der Waals surface area (Å²) in [5.74, 6) is -0.285. The number of alkyl halides is 1. The summed E-state index contributed by atoms with van der Waals surface area (Å²) in [5, 5.41) is 0.945. The van der Waals surface area contributed by atoms with Crippen molar-refractivity contribution in [2.24, 2.45) is 0 Å². The minimum Gasteiger partial charge on any atom is -0.456 e. The predicted molar refractivity (Wildman–Crippen MR) is 94.5 cm³/mol. The molecule has 0 bridgehead atoms. The Morgan fingerprint density at radius 1 is 1.05 bits per heavy atom. The predicted octanol–water partition coefficient (Wildman–Crippen LogP) is 5.25. The van der Waals surface area contributed by atoms with E-state index in [0.717, 1.165) is 22.9 Å². The van der Waals surface area contributed by atoms with Crippen LogP contribution in [0.25, 0.3) is 11.1 Å². The zero-order valence-electron chi connectivity index (χ0n) is 13.2. The van der Waals surface area contributed by atoms with E-state index in [1.165, 1.54) is 5.56 Å². The van der Waals surface area contributed by atoms with Crippen LogP contribution in [-0.4, -0.2) is 16.9 Å². The quantitative estimate of drug-likeness (QED) is 0.549. The highest BCUT2D eigenvalue weighted by Gasteiger charge is 2.20. The van der Waals surface area contributed by atoms with Gasteiger partial charge in [0.1, 0.15) is 5.60 Å². The second-order valence-corrected chi connectivity index (χ2v) is 6.98. The monoisotopic (exact) mass is 360 g/mol. The number of benzene rings is 2. The molecule has 2 rings (SSSR count). The molecule has 2 nitrogen and oxygen atoms in total. The van der Waals surface area contributed by atoms with Crippen LogP contribution < -0.4 is 0 Å². The molecule has 0 radical (unpaired) electrons. The van der Waals surface area contributed by atoms with E-state index in [4.69, 9.17) is 4.74 Å². The molecule has 0 unspecified atom stereocenters. The average Bonchev–Trinajstić information content (AvgIpc) is 2.47. The summed E-state index contributed by atoms with van der Waals surface area (Å²) >= 11 is 3.45. The van der Waals surface area contributed by atoms with Crippen molar-refractivity contribution in [3.63, 3.8) is 0 Å². The van der Waals surface area contributed by atoms with Gasteiger partial charge < -0.3 is 4.74 Å². The molecule has 0 saturated carbocycles. The first kappa shape index (κ1) is 16.8. The minimum absolute atomic E-state index is 0.285. The van der Waals surface area contributed by atoms with Gasteiger partial charge in [0.2, 0.25) is 0 Å². The van der Waals surface area contributed by atoms with E-state index < -0.39 is 5.60 Å². The van der Waals surface area contributed by atoms with Gasteiger partial charge in [-0.2, -0.15) is 0 Å². The van der Waals surface area contributed by atoms with Crippen LogP contribution in [0.15, 0.2) is 48.5 Å². The van der Waals surface area contributed by atoms with Crippen molar-refractivity contribution < 1.29 is 9.53 Å². The number of esters is 1. The number of rotatable bonds is 4. The van der Waals surface area contributed by atoms with Crippen LogP contribution >= 0.6 is 15.9 Å². The molecule has 2 aromatic carbocycles. The molecular formula is C19H21BrO2. The van der Waals surface area contributed by atoms with Crippen molar-refractivity contribution in [2.75, 3.05) is 5.33 Å².